The number of nitro benzene ring substituents is 1. The number of esters is 1. The largest absolute Gasteiger partial charge is 0.466 e. The molecule has 0 bridgehead atoms. The summed E-state index contributed by atoms with van der Waals surface area (Å²) in [5.41, 5.74) is 1.87. The lowest BCUT2D eigenvalue weighted by Crippen LogP contribution is -2.48. The number of halogens is 2. The van der Waals surface area contributed by atoms with Crippen molar-refractivity contribution in [3.63, 3.8) is 0 Å². The van der Waals surface area contributed by atoms with E-state index in [9.17, 15) is 23.7 Å². The van der Waals surface area contributed by atoms with Crippen LogP contribution in [-0.4, -0.2) is 23.1 Å². The normalized spacial score (nSPS) is 16.3. The van der Waals surface area contributed by atoms with E-state index in [4.69, 9.17) is 17.0 Å². The molecule has 1 aliphatic rings. The van der Waals surface area contributed by atoms with Gasteiger partial charge in [-0.05, 0) is 56.2 Å². The molecule has 0 aliphatic carbocycles. The molecule has 0 amide bonds. The predicted octanol–water partition coefficient (Wildman–Crippen LogP) is 4.37. The van der Waals surface area contributed by atoms with Crippen molar-refractivity contribution in [2.75, 3.05) is 12.0 Å². The van der Waals surface area contributed by atoms with E-state index in [1.54, 1.807) is 11.8 Å². The van der Waals surface area contributed by atoms with Crippen LogP contribution in [0.2, 0.25) is 0 Å². The molecule has 2 aromatic rings. The fourth-order valence-corrected chi connectivity index (χ4v) is 3.80. The highest BCUT2D eigenvalue weighted by atomic mass is 32.1. The lowest BCUT2D eigenvalue weighted by Gasteiger charge is -2.37. The van der Waals surface area contributed by atoms with E-state index >= 15 is 0 Å². The Labute approximate surface area is 182 Å². The van der Waals surface area contributed by atoms with Gasteiger partial charge >= 0.3 is 11.7 Å². The Balaban J connectivity index is 2.22. The van der Waals surface area contributed by atoms with Crippen molar-refractivity contribution in [3.05, 3.63) is 80.0 Å². The van der Waals surface area contributed by atoms with Gasteiger partial charge in [0.2, 0.25) is 5.82 Å². The highest BCUT2D eigenvalue weighted by Crippen LogP contribution is 2.37. The minimum absolute atomic E-state index is 0.00543. The molecule has 1 N–H and O–H groups in total. The van der Waals surface area contributed by atoms with Crippen LogP contribution in [0.5, 0.6) is 0 Å². The van der Waals surface area contributed by atoms with Crippen LogP contribution in [0.3, 0.4) is 0 Å². The standard InChI is InChI=1S/C21H19F2N3O4S/c1-10-5-6-13(7-11(10)2)25-12(3)18(20(27)30-4)19(24-21(25)31)14-8-17(26(28)29)16(23)9-15(14)22/h5-9,19H,1-4H3,(H,24,31)/t19-/m0/s1. The minimum atomic E-state index is -1.32. The summed E-state index contributed by atoms with van der Waals surface area (Å²) in [6.07, 6.45) is 0. The fourth-order valence-electron chi connectivity index (χ4n) is 3.44. The van der Waals surface area contributed by atoms with Gasteiger partial charge in [0.15, 0.2) is 5.11 Å². The number of ether oxygens (including phenoxy) is 1. The predicted molar refractivity (Wildman–Crippen MR) is 115 cm³/mol. The smallest absolute Gasteiger partial charge is 0.337 e. The molecule has 1 aliphatic heterocycles. The van der Waals surface area contributed by atoms with Gasteiger partial charge in [-0.2, -0.15) is 4.39 Å². The maximum atomic E-state index is 14.7. The molecule has 0 saturated heterocycles. The average Bonchev–Trinajstić information content (AvgIpc) is 2.69. The van der Waals surface area contributed by atoms with E-state index in [2.05, 4.69) is 5.32 Å². The van der Waals surface area contributed by atoms with Gasteiger partial charge in [-0.15, -0.1) is 0 Å². The van der Waals surface area contributed by atoms with E-state index in [1.165, 1.54) is 0 Å². The van der Waals surface area contributed by atoms with Gasteiger partial charge in [0, 0.05) is 29.1 Å². The second kappa shape index (κ2) is 8.38. The summed E-state index contributed by atoms with van der Waals surface area (Å²) in [5, 5.41) is 14.1. The number of aryl methyl sites for hydroxylation is 2. The van der Waals surface area contributed by atoms with Crippen molar-refractivity contribution in [1.82, 2.24) is 5.32 Å². The Kier molecular flexibility index (Phi) is 6.03. The topological polar surface area (TPSA) is 84.7 Å². The van der Waals surface area contributed by atoms with Gasteiger partial charge < -0.3 is 10.1 Å². The van der Waals surface area contributed by atoms with Gasteiger partial charge in [0.25, 0.3) is 0 Å². The monoisotopic (exact) mass is 447 g/mol. The second-order valence-corrected chi connectivity index (χ2v) is 7.45. The van der Waals surface area contributed by atoms with Crippen LogP contribution in [-0.2, 0) is 9.53 Å². The summed E-state index contributed by atoms with van der Waals surface area (Å²) in [5.74, 6) is -3.16. The molecular formula is C21H19F2N3O4S. The maximum absolute atomic E-state index is 14.7. The summed E-state index contributed by atoms with van der Waals surface area (Å²) in [6.45, 7) is 5.49. The molecule has 0 aromatic heterocycles. The lowest BCUT2D eigenvalue weighted by atomic mass is 9.93. The van der Waals surface area contributed by atoms with Crippen molar-refractivity contribution in [2.45, 2.75) is 26.8 Å². The third kappa shape index (κ3) is 3.98. The molecule has 0 unspecified atom stereocenters. The summed E-state index contributed by atoms with van der Waals surface area (Å²) >= 11 is 5.47. The van der Waals surface area contributed by atoms with Crippen molar-refractivity contribution in [3.8, 4) is 0 Å². The molecule has 0 radical (unpaired) electrons. The number of hydrogen-bond acceptors (Lipinski definition) is 5. The Morgan fingerprint density at radius 1 is 1.16 bits per heavy atom. The van der Waals surface area contributed by atoms with Gasteiger partial charge in [-0.1, -0.05) is 6.07 Å². The average molecular weight is 447 g/mol. The molecule has 1 atom stereocenters. The van der Waals surface area contributed by atoms with E-state index in [0.717, 1.165) is 24.3 Å². The summed E-state index contributed by atoms with van der Waals surface area (Å²) in [6, 6.07) is 5.56. The Bertz CT molecular complexity index is 1150. The zero-order valence-electron chi connectivity index (χ0n) is 17.2. The Hall–Kier alpha value is -3.40. The van der Waals surface area contributed by atoms with Gasteiger partial charge in [-0.25, -0.2) is 9.18 Å². The fraction of sp³-hybridized carbons (Fsp3) is 0.238. The van der Waals surface area contributed by atoms with Gasteiger partial charge in [0.05, 0.1) is 23.6 Å². The maximum Gasteiger partial charge on any atom is 0.337 e. The molecular weight excluding hydrogens is 428 g/mol. The Morgan fingerprint density at radius 2 is 1.84 bits per heavy atom. The lowest BCUT2D eigenvalue weighted by molar-refractivity contribution is -0.387. The van der Waals surface area contributed by atoms with E-state index in [-0.39, 0.29) is 16.2 Å². The molecule has 0 spiro atoms. The third-order valence-corrected chi connectivity index (χ3v) is 5.51. The van der Waals surface area contributed by atoms with Crippen LogP contribution in [0.1, 0.15) is 29.7 Å². The molecule has 10 heteroatoms. The third-order valence-electron chi connectivity index (χ3n) is 5.21. The number of thiocarbonyl (C=S) groups is 1. The zero-order valence-corrected chi connectivity index (χ0v) is 18.0. The first-order valence-electron chi connectivity index (χ1n) is 9.17. The number of nitrogens with one attached hydrogen (secondary N) is 1. The molecule has 2 aromatic carbocycles. The molecule has 3 rings (SSSR count). The van der Waals surface area contributed by atoms with Crippen LogP contribution >= 0.6 is 12.2 Å². The SMILES string of the molecule is COC(=O)C1=C(C)N(c2ccc(C)c(C)c2)C(=S)N[C@H]1c1cc([N+](=O)[O-])c(F)cc1F. The van der Waals surface area contributed by atoms with Gasteiger partial charge in [-0.3, -0.25) is 15.0 Å². The van der Waals surface area contributed by atoms with Crippen molar-refractivity contribution >= 4 is 34.7 Å². The minimum Gasteiger partial charge on any atom is -0.466 e. The van der Waals surface area contributed by atoms with Crippen molar-refractivity contribution in [2.24, 2.45) is 0 Å². The number of hydrogen-bond donors (Lipinski definition) is 1. The van der Waals surface area contributed by atoms with Crippen molar-refractivity contribution < 1.29 is 23.2 Å². The summed E-state index contributed by atoms with van der Waals surface area (Å²) in [7, 11) is 1.16. The molecule has 7 nitrogen and oxygen atoms in total. The number of methoxy groups -OCH3 is 1. The highest BCUT2D eigenvalue weighted by Gasteiger charge is 2.37. The first-order valence-corrected chi connectivity index (χ1v) is 9.58. The quantitative estimate of drug-likeness (QED) is 0.322. The number of carbonyl (C=O) groups excluding carboxylic acids is 1. The summed E-state index contributed by atoms with van der Waals surface area (Å²) in [4.78, 5) is 24.4. The van der Waals surface area contributed by atoms with Crippen LogP contribution < -0.4 is 10.2 Å². The molecule has 0 fully saturated rings. The van der Waals surface area contributed by atoms with Crippen LogP contribution in [0.15, 0.2) is 41.6 Å². The first kappa shape index (κ1) is 22.3. The Morgan fingerprint density at radius 3 is 2.42 bits per heavy atom. The van der Waals surface area contributed by atoms with Gasteiger partial charge in [0.1, 0.15) is 5.82 Å². The zero-order chi connectivity index (χ0) is 23.0. The van der Waals surface area contributed by atoms with E-state index in [0.29, 0.717) is 17.5 Å². The number of benzene rings is 2. The molecule has 0 saturated carbocycles. The van der Waals surface area contributed by atoms with Crippen LogP contribution in [0, 0.1) is 35.6 Å². The van der Waals surface area contributed by atoms with E-state index in [1.807, 2.05) is 32.0 Å². The van der Waals surface area contributed by atoms with Crippen LogP contribution in [0.25, 0.3) is 0 Å². The number of allylic oxidation sites excluding steroid dienone is 1. The molecule has 31 heavy (non-hydrogen) atoms. The number of carbonyl (C=O) groups is 1. The second-order valence-electron chi connectivity index (χ2n) is 7.06. The van der Waals surface area contributed by atoms with E-state index < -0.39 is 34.3 Å². The molecule has 1 heterocycles. The number of nitro groups is 1. The molecule has 162 valence electrons. The number of anilines is 1. The highest BCUT2D eigenvalue weighted by molar-refractivity contribution is 7.80. The number of nitrogens with zero attached hydrogens (tertiary/aromatic N) is 2. The first-order chi connectivity index (χ1) is 14.6. The number of rotatable bonds is 4. The van der Waals surface area contributed by atoms with Crippen molar-refractivity contribution in [1.29, 1.82) is 0 Å². The van der Waals surface area contributed by atoms with Crippen LogP contribution in [0.4, 0.5) is 20.2 Å². The summed E-state index contributed by atoms with van der Waals surface area (Å²) < 4.78 is 33.4.